The van der Waals surface area contributed by atoms with Crippen LogP contribution in [-0.2, 0) is 12.8 Å². The first-order valence-corrected chi connectivity index (χ1v) is 13.8. The fourth-order valence-corrected chi connectivity index (χ4v) is 4.46. The maximum absolute atomic E-state index is 5.57. The van der Waals surface area contributed by atoms with E-state index in [0.717, 1.165) is 32.6 Å². The van der Waals surface area contributed by atoms with Gasteiger partial charge in [-0.2, -0.15) is 0 Å². The van der Waals surface area contributed by atoms with E-state index >= 15 is 0 Å². The number of hydrogen-bond acceptors (Lipinski definition) is 3. The zero-order chi connectivity index (χ0) is 24.6. The Hall–Kier alpha value is -1.39. The minimum Gasteiger partial charge on any atom is -0.330 e. The van der Waals surface area contributed by atoms with Gasteiger partial charge in [-0.05, 0) is 112 Å². The molecular weight excluding hydrogens is 450 g/mol. The quantitative estimate of drug-likeness (QED) is 0.193. The smallest absolute Gasteiger partial charge is 0.00672 e. The zero-order valence-corrected chi connectivity index (χ0v) is 23.6. The minimum absolute atomic E-state index is 0. The van der Waals surface area contributed by atoms with Gasteiger partial charge in [0.05, 0.1) is 0 Å². The highest BCUT2D eigenvalue weighted by Gasteiger charge is 2.09. The van der Waals surface area contributed by atoms with E-state index in [0.29, 0.717) is 17.9 Å². The fourth-order valence-electron chi connectivity index (χ4n) is 4.46. The molecule has 0 amide bonds. The van der Waals surface area contributed by atoms with Gasteiger partial charge in [0.2, 0.25) is 0 Å². The molecule has 0 aromatic heterocycles. The third kappa shape index (κ3) is 13.5. The highest BCUT2D eigenvalue weighted by Crippen LogP contribution is 2.18. The van der Waals surface area contributed by atoms with Crippen LogP contribution in [0.4, 0.5) is 0 Å². The maximum atomic E-state index is 5.57. The SMILES string of the molecule is CC(C)c1ccc(CCCC(CCCc2ccc(C(C)C)cc2)NCCCNCCCN)cc1.Cl. The summed E-state index contributed by atoms with van der Waals surface area (Å²) in [6.45, 7) is 13.0. The van der Waals surface area contributed by atoms with Crippen LogP contribution < -0.4 is 16.4 Å². The summed E-state index contributed by atoms with van der Waals surface area (Å²) in [5, 5.41) is 7.36. The van der Waals surface area contributed by atoms with Gasteiger partial charge in [0, 0.05) is 6.04 Å². The maximum Gasteiger partial charge on any atom is 0.00672 e. The first kappa shape index (κ1) is 31.6. The van der Waals surface area contributed by atoms with Gasteiger partial charge in [-0.3, -0.25) is 0 Å². The summed E-state index contributed by atoms with van der Waals surface area (Å²) in [5.41, 5.74) is 11.4. The molecule has 2 rings (SSSR count). The van der Waals surface area contributed by atoms with Gasteiger partial charge in [-0.1, -0.05) is 76.2 Å². The molecule has 198 valence electrons. The Morgan fingerprint density at radius 3 is 1.51 bits per heavy atom. The van der Waals surface area contributed by atoms with Gasteiger partial charge >= 0.3 is 0 Å². The first-order chi connectivity index (χ1) is 16.5. The molecule has 4 heteroatoms. The van der Waals surface area contributed by atoms with Crippen LogP contribution in [-0.4, -0.2) is 32.2 Å². The lowest BCUT2D eigenvalue weighted by atomic mass is 9.96. The van der Waals surface area contributed by atoms with E-state index in [9.17, 15) is 0 Å². The molecule has 0 heterocycles. The summed E-state index contributed by atoms with van der Waals surface area (Å²) < 4.78 is 0. The van der Waals surface area contributed by atoms with Gasteiger partial charge in [-0.25, -0.2) is 0 Å². The summed E-state index contributed by atoms with van der Waals surface area (Å²) in [6, 6.07) is 19.1. The molecule has 0 radical (unpaired) electrons. The summed E-state index contributed by atoms with van der Waals surface area (Å²) in [7, 11) is 0. The Labute approximate surface area is 222 Å². The number of benzene rings is 2. The largest absolute Gasteiger partial charge is 0.330 e. The summed E-state index contributed by atoms with van der Waals surface area (Å²) in [6.07, 6.45) is 9.58. The van der Waals surface area contributed by atoms with Crippen LogP contribution in [0, 0.1) is 0 Å². The van der Waals surface area contributed by atoms with Crippen molar-refractivity contribution in [3.63, 3.8) is 0 Å². The topological polar surface area (TPSA) is 50.1 Å². The first-order valence-electron chi connectivity index (χ1n) is 13.8. The van der Waals surface area contributed by atoms with Crippen LogP contribution in [0.15, 0.2) is 48.5 Å². The second-order valence-corrected chi connectivity index (χ2v) is 10.5. The van der Waals surface area contributed by atoms with E-state index in [1.165, 1.54) is 67.2 Å². The van der Waals surface area contributed by atoms with Crippen LogP contribution in [0.2, 0.25) is 0 Å². The van der Waals surface area contributed by atoms with Gasteiger partial charge in [0.1, 0.15) is 0 Å². The predicted molar refractivity (Wildman–Crippen MR) is 157 cm³/mol. The molecule has 0 fully saturated rings. The second kappa shape index (κ2) is 18.8. The number of nitrogens with one attached hydrogen (secondary N) is 2. The molecule has 0 saturated heterocycles. The van der Waals surface area contributed by atoms with Crippen molar-refractivity contribution in [3.05, 3.63) is 70.8 Å². The molecule has 0 bridgehead atoms. The van der Waals surface area contributed by atoms with Crippen molar-refractivity contribution >= 4 is 12.4 Å². The predicted octanol–water partition coefficient (Wildman–Crippen LogP) is 6.99. The van der Waals surface area contributed by atoms with Crippen LogP contribution in [0.25, 0.3) is 0 Å². The number of rotatable bonds is 18. The fraction of sp³-hybridized carbons (Fsp3) is 0.613. The lowest BCUT2D eigenvalue weighted by molar-refractivity contribution is 0.424. The number of hydrogen-bond donors (Lipinski definition) is 3. The molecule has 2 aromatic carbocycles. The lowest BCUT2D eigenvalue weighted by Crippen LogP contribution is -2.32. The molecule has 2 aromatic rings. The lowest BCUT2D eigenvalue weighted by Gasteiger charge is -2.19. The van der Waals surface area contributed by atoms with Gasteiger partial charge in [-0.15, -0.1) is 12.4 Å². The van der Waals surface area contributed by atoms with Gasteiger partial charge in [0.25, 0.3) is 0 Å². The van der Waals surface area contributed by atoms with Crippen LogP contribution in [0.3, 0.4) is 0 Å². The third-order valence-corrected chi connectivity index (χ3v) is 6.85. The second-order valence-electron chi connectivity index (χ2n) is 10.5. The van der Waals surface area contributed by atoms with Crippen LogP contribution in [0.5, 0.6) is 0 Å². The standard InChI is InChI=1S/C31H51N3.ClH/c1-25(2)29-17-13-27(14-18-29)9-5-11-31(34-24-8-23-33-22-7-21-32)12-6-10-28-15-19-30(20-16-28)26(3)4;/h13-20,25-26,31,33-34H,5-12,21-24,32H2,1-4H3;1H. The van der Waals surface area contributed by atoms with Gasteiger partial charge in [0.15, 0.2) is 0 Å². The highest BCUT2D eigenvalue weighted by molar-refractivity contribution is 5.85. The van der Waals surface area contributed by atoms with Crippen molar-refractivity contribution < 1.29 is 0 Å². The zero-order valence-electron chi connectivity index (χ0n) is 22.8. The normalized spacial score (nSPS) is 11.4. The monoisotopic (exact) mass is 501 g/mol. The van der Waals surface area contributed by atoms with E-state index < -0.39 is 0 Å². The van der Waals surface area contributed by atoms with Crippen molar-refractivity contribution in [2.45, 2.75) is 96.9 Å². The average Bonchev–Trinajstić information content (AvgIpc) is 2.83. The molecule has 0 saturated carbocycles. The van der Waals surface area contributed by atoms with E-state index in [1.54, 1.807) is 0 Å². The minimum atomic E-state index is 0. The molecule has 35 heavy (non-hydrogen) atoms. The Morgan fingerprint density at radius 1 is 0.629 bits per heavy atom. The number of aryl methyl sites for hydroxylation is 2. The molecular formula is C31H52ClN3. The summed E-state index contributed by atoms with van der Waals surface area (Å²) in [5.74, 6) is 1.21. The van der Waals surface area contributed by atoms with E-state index in [-0.39, 0.29) is 12.4 Å². The Kier molecular flexibility index (Phi) is 17.0. The molecule has 0 unspecified atom stereocenters. The molecule has 4 N–H and O–H groups in total. The third-order valence-electron chi connectivity index (χ3n) is 6.85. The molecule has 3 nitrogen and oxygen atoms in total. The Balaban J connectivity index is 0.00000612. The Bertz CT molecular complexity index is 698. The van der Waals surface area contributed by atoms with Crippen molar-refractivity contribution in [3.8, 4) is 0 Å². The van der Waals surface area contributed by atoms with Crippen molar-refractivity contribution in [1.82, 2.24) is 10.6 Å². The van der Waals surface area contributed by atoms with E-state index in [1.807, 2.05) is 0 Å². The van der Waals surface area contributed by atoms with Gasteiger partial charge < -0.3 is 16.4 Å². The van der Waals surface area contributed by atoms with E-state index in [2.05, 4.69) is 86.9 Å². The number of halogens is 1. The average molecular weight is 502 g/mol. The van der Waals surface area contributed by atoms with Crippen LogP contribution in [0.1, 0.15) is 100 Å². The van der Waals surface area contributed by atoms with E-state index in [4.69, 9.17) is 5.73 Å². The Morgan fingerprint density at radius 2 is 1.09 bits per heavy atom. The van der Waals surface area contributed by atoms with Crippen molar-refractivity contribution in [1.29, 1.82) is 0 Å². The molecule has 0 aliphatic carbocycles. The summed E-state index contributed by atoms with van der Waals surface area (Å²) >= 11 is 0. The molecule has 0 aliphatic rings. The summed E-state index contributed by atoms with van der Waals surface area (Å²) in [4.78, 5) is 0. The van der Waals surface area contributed by atoms with Crippen molar-refractivity contribution in [2.75, 3.05) is 26.2 Å². The highest BCUT2D eigenvalue weighted by atomic mass is 35.5. The molecule has 0 spiro atoms. The van der Waals surface area contributed by atoms with Crippen LogP contribution >= 0.6 is 12.4 Å². The number of nitrogens with two attached hydrogens (primary N) is 1. The molecule has 0 aliphatic heterocycles. The molecule has 0 atom stereocenters. The van der Waals surface area contributed by atoms with Crippen molar-refractivity contribution in [2.24, 2.45) is 5.73 Å².